The van der Waals surface area contributed by atoms with Crippen LogP contribution in [0.4, 0.5) is 0 Å². The molecule has 0 aromatic heterocycles. The zero-order valence-electron chi connectivity index (χ0n) is 13.1. The van der Waals surface area contributed by atoms with Crippen molar-refractivity contribution in [3.05, 3.63) is 0 Å². The summed E-state index contributed by atoms with van der Waals surface area (Å²) in [5.74, 6) is 0. The monoisotopic (exact) mass is 382 g/mol. The Labute approximate surface area is 141 Å². The van der Waals surface area contributed by atoms with E-state index in [1.807, 2.05) is 21.6 Å². The van der Waals surface area contributed by atoms with Crippen LogP contribution in [-0.4, -0.2) is 71.7 Å². The first kappa shape index (κ1) is 18.6. The second kappa shape index (κ2) is 8.27. The maximum atomic E-state index is 4.86. The molecule has 0 N–H and O–H groups in total. The minimum absolute atomic E-state index is 0. The zero-order valence-corrected chi connectivity index (χ0v) is 16.4. The van der Waals surface area contributed by atoms with Crippen LogP contribution in [0.1, 0.15) is 26.7 Å². The smallest absolute Gasteiger partial charge is 0.172 e. The number of hydrogen-bond acceptors (Lipinski definition) is 6. The molecule has 0 spiro atoms. The molecule has 3 unspecified atom stereocenters. The third-order valence-corrected chi connectivity index (χ3v) is 6.63. The topological polar surface area (TPSA) is 22.1 Å². The van der Waals surface area contributed by atoms with Gasteiger partial charge in [-0.1, -0.05) is 0 Å². The number of aliphatic imine (C=N–C) groups is 1. The molecule has 0 aromatic carbocycles. The fraction of sp³-hybridized carbons (Fsp3) is 0.923. The van der Waals surface area contributed by atoms with Gasteiger partial charge in [-0.15, -0.1) is 17.0 Å². The molecule has 2 rings (SSSR count). The van der Waals surface area contributed by atoms with Crippen molar-refractivity contribution in [1.82, 2.24) is 14.7 Å². The van der Waals surface area contributed by atoms with E-state index in [1.54, 1.807) is 0 Å². The van der Waals surface area contributed by atoms with Crippen molar-refractivity contribution in [3.8, 4) is 0 Å². The predicted octanol–water partition coefficient (Wildman–Crippen LogP) is 2.97. The highest BCUT2D eigenvalue weighted by molar-refractivity contribution is 8.93. The Morgan fingerprint density at radius 1 is 1.15 bits per heavy atom. The Hall–Kier alpha value is 0.570. The average molecular weight is 383 g/mol. The van der Waals surface area contributed by atoms with Crippen LogP contribution in [0.2, 0.25) is 0 Å². The lowest BCUT2D eigenvalue weighted by Gasteiger charge is -2.37. The van der Waals surface area contributed by atoms with Gasteiger partial charge in [0.05, 0.1) is 0 Å². The molecule has 1 saturated heterocycles. The molecule has 2 aliphatic rings. The summed E-state index contributed by atoms with van der Waals surface area (Å²) in [7, 11) is 10.1. The van der Waals surface area contributed by atoms with Gasteiger partial charge in [0.1, 0.15) is 0 Å². The Kier molecular flexibility index (Phi) is 7.70. The van der Waals surface area contributed by atoms with Crippen LogP contribution in [0.25, 0.3) is 0 Å². The molecule has 7 heteroatoms. The Morgan fingerprint density at radius 2 is 1.80 bits per heavy atom. The molecule has 4 nitrogen and oxygen atoms in total. The summed E-state index contributed by atoms with van der Waals surface area (Å²) in [6.45, 7) is 6.97. The summed E-state index contributed by atoms with van der Waals surface area (Å²) in [6.07, 6.45) is 2.44. The number of amidine groups is 1. The highest BCUT2D eigenvalue weighted by Gasteiger charge is 2.29. The molecule has 3 atom stereocenters. The van der Waals surface area contributed by atoms with Gasteiger partial charge < -0.3 is 9.80 Å². The summed E-state index contributed by atoms with van der Waals surface area (Å²) >= 11 is 0. The fourth-order valence-corrected chi connectivity index (χ4v) is 5.01. The van der Waals surface area contributed by atoms with Gasteiger partial charge in [0.25, 0.3) is 0 Å². The summed E-state index contributed by atoms with van der Waals surface area (Å²) in [5, 5.41) is 1.23. The normalized spacial score (nSPS) is 32.6. The van der Waals surface area contributed by atoms with Crippen molar-refractivity contribution in [2.24, 2.45) is 4.99 Å². The summed E-state index contributed by atoms with van der Waals surface area (Å²) in [4.78, 5) is 12.0. The van der Waals surface area contributed by atoms with Gasteiger partial charge in [0.2, 0.25) is 0 Å². The molecule has 1 fully saturated rings. The molecule has 0 radical (unpaired) electrons. The number of rotatable bonds is 1. The first-order chi connectivity index (χ1) is 8.99. The lowest BCUT2D eigenvalue weighted by molar-refractivity contribution is 0.170. The Bertz CT molecular complexity index is 340. The summed E-state index contributed by atoms with van der Waals surface area (Å²) in [5.41, 5.74) is 0.276. The molecule has 0 saturated carbocycles. The van der Waals surface area contributed by atoms with Gasteiger partial charge in [-0.2, -0.15) is 0 Å². The zero-order chi connectivity index (χ0) is 14.0. The van der Waals surface area contributed by atoms with Crippen molar-refractivity contribution < 1.29 is 0 Å². The minimum atomic E-state index is 0. The van der Waals surface area contributed by atoms with E-state index < -0.39 is 0 Å². The van der Waals surface area contributed by atoms with Crippen LogP contribution in [-0.2, 0) is 0 Å². The molecule has 2 aliphatic heterocycles. The first-order valence-electron chi connectivity index (χ1n) is 7.03. The van der Waals surface area contributed by atoms with Crippen molar-refractivity contribution in [1.29, 1.82) is 0 Å². The second-order valence-electron chi connectivity index (χ2n) is 5.83. The Balaban J connectivity index is 0.00000200. The van der Waals surface area contributed by atoms with E-state index in [2.05, 4.69) is 49.7 Å². The SMILES string of the molecule is Br.CC1CCN(C2=NC(N(C)C)SS2)C(C)CCN1C. The van der Waals surface area contributed by atoms with Crippen LogP contribution in [0.15, 0.2) is 4.99 Å². The van der Waals surface area contributed by atoms with E-state index in [-0.39, 0.29) is 22.5 Å². The lowest BCUT2D eigenvalue weighted by atomic mass is 10.1. The maximum Gasteiger partial charge on any atom is 0.172 e. The van der Waals surface area contributed by atoms with Gasteiger partial charge in [-0.3, -0.25) is 4.90 Å². The molecule has 0 aromatic rings. The molecule has 118 valence electrons. The molecule has 20 heavy (non-hydrogen) atoms. The Morgan fingerprint density at radius 3 is 2.40 bits per heavy atom. The van der Waals surface area contributed by atoms with E-state index >= 15 is 0 Å². The highest BCUT2D eigenvalue weighted by Crippen LogP contribution is 2.39. The minimum Gasteiger partial charge on any atom is -0.348 e. The third kappa shape index (κ3) is 4.53. The lowest BCUT2D eigenvalue weighted by Crippen LogP contribution is -2.45. The first-order valence-corrected chi connectivity index (χ1v) is 9.24. The van der Waals surface area contributed by atoms with Crippen LogP contribution in [0.5, 0.6) is 0 Å². The van der Waals surface area contributed by atoms with Crippen molar-refractivity contribution >= 4 is 43.7 Å². The predicted molar refractivity (Wildman–Crippen MR) is 97.9 cm³/mol. The van der Waals surface area contributed by atoms with Crippen molar-refractivity contribution in [2.75, 3.05) is 34.2 Å². The van der Waals surface area contributed by atoms with Crippen LogP contribution < -0.4 is 0 Å². The van der Waals surface area contributed by atoms with Gasteiger partial charge in [-0.25, -0.2) is 4.99 Å². The van der Waals surface area contributed by atoms with E-state index in [0.717, 1.165) is 6.54 Å². The number of halogens is 1. The highest BCUT2D eigenvalue weighted by atomic mass is 79.9. The second-order valence-corrected chi connectivity index (χ2v) is 8.05. The number of nitrogens with zero attached hydrogens (tertiary/aromatic N) is 4. The molecule has 2 heterocycles. The molecule has 0 bridgehead atoms. The van der Waals surface area contributed by atoms with Crippen LogP contribution in [0.3, 0.4) is 0 Å². The van der Waals surface area contributed by atoms with Crippen LogP contribution >= 0.6 is 38.6 Å². The van der Waals surface area contributed by atoms with Gasteiger partial charge in [0.15, 0.2) is 10.7 Å². The van der Waals surface area contributed by atoms with Crippen molar-refractivity contribution in [2.45, 2.75) is 44.3 Å². The average Bonchev–Trinajstić information content (AvgIpc) is 2.84. The largest absolute Gasteiger partial charge is 0.348 e. The molecule has 0 aliphatic carbocycles. The van der Waals surface area contributed by atoms with Gasteiger partial charge in [0, 0.05) is 25.2 Å². The fourth-order valence-electron chi connectivity index (χ4n) is 2.36. The molecule has 0 amide bonds. The van der Waals surface area contributed by atoms with E-state index in [1.165, 1.54) is 24.6 Å². The van der Waals surface area contributed by atoms with Gasteiger partial charge in [-0.05, 0) is 69.4 Å². The van der Waals surface area contributed by atoms with E-state index in [0.29, 0.717) is 12.1 Å². The van der Waals surface area contributed by atoms with Crippen molar-refractivity contribution in [3.63, 3.8) is 0 Å². The molecular weight excluding hydrogens is 356 g/mol. The standard InChI is InChI=1S/C13H26N4S2.BrH/c1-10-7-9-17(11(2)6-8-16(10)5)13-14-12(15(3)4)18-19-13;/h10-12H,6-9H2,1-5H3;1H. The quantitative estimate of drug-likeness (QED) is 0.648. The molecular formula is C13H27BrN4S2. The van der Waals surface area contributed by atoms with E-state index in [9.17, 15) is 0 Å². The van der Waals surface area contributed by atoms with E-state index in [4.69, 9.17) is 4.99 Å². The third-order valence-electron chi connectivity index (χ3n) is 4.09. The van der Waals surface area contributed by atoms with Gasteiger partial charge >= 0.3 is 0 Å². The van der Waals surface area contributed by atoms with Crippen LogP contribution in [0, 0.1) is 0 Å². The summed E-state index contributed by atoms with van der Waals surface area (Å²) in [6, 6.07) is 1.25. The summed E-state index contributed by atoms with van der Waals surface area (Å²) < 4.78 is 0. The maximum absolute atomic E-state index is 4.86. The number of hydrogen-bond donors (Lipinski definition) is 0.